The summed E-state index contributed by atoms with van der Waals surface area (Å²) < 4.78 is 0. The molecule has 0 aliphatic heterocycles. The van der Waals surface area contributed by atoms with Crippen LogP contribution in [0.1, 0.15) is 48.6 Å². The fraction of sp³-hybridized carbons (Fsp3) is 0.326. The van der Waals surface area contributed by atoms with Crippen LogP contribution in [0.4, 0.5) is 0 Å². The van der Waals surface area contributed by atoms with Gasteiger partial charge in [0.1, 0.15) is 30.2 Å². The van der Waals surface area contributed by atoms with Crippen LogP contribution in [0.5, 0.6) is 0 Å². The number of rotatable bonds is 23. The molecule has 3 aromatic carbocycles. The van der Waals surface area contributed by atoms with Gasteiger partial charge in [0.15, 0.2) is 0 Å². The number of hydrogen-bond acceptors (Lipinski definition) is 9. The van der Waals surface area contributed by atoms with Gasteiger partial charge in [0.05, 0.1) is 12.4 Å². The number of carbonyl (C=O) groups is 6. The number of carbonyl (C=O) groups excluding carboxylic acids is 6. The van der Waals surface area contributed by atoms with E-state index in [0.717, 1.165) is 32.9 Å². The van der Waals surface area contributed by atoms with Crippen LogP contribution in [0.25, 0.3) is 21.8 Å². The van der Waals surface area contributed by atoms with Crippen molar-refractivity contribution in [1.82, 2.24) is 46.5 Å². The molecule has 3 aromatic heterocycles. The molecule has 6 amide bonds. The quantitative estimate of drug-likeness (QED) is 0.0409. The zero-order chi connectivity index (χ0) is 45.6. The van der Waals surface area contributed by atoms with Crippen LogP contribution in [0.15, 0.2) is 104 Å². The Bertz CT molecular complexity index is 2520. The molecule has 18 nitrogen and oxygen atoms in total. The second kappa shape index (κ2) is 22.2. The number of benzene rings is 3. The van der Waals surface area contributed by atoms with Crippen molar-refractivity contribution >= 4 is 57.2 Å². The molecule has 0 fully saturated rings. The third-order valence-electron chi connectivity index (χ3n) is 11.1. The number of nitrogens with one attached hydrogen (secondary N) is 8. The summed E-state index contributed by atoms with van der Waals surface area (Å²) >= 11 is 0. The summed E-state index contributed by atoms with van der Waals surface area (Å²) in [4.78, 5) is 95.6. The number of hydrogen-bond donors (Lipinski definition) is 11. The molecule has 0 bridgehead atoms. The van der Waals surface area contributed by atoms with Crippen molar-refractivity contribution in [3.63, 3.8) is 0 Å². The average Bonchev–Trinajstić information content (AvgIpc) is 4.06. The van der Waals surface area contributed by atoms with Gasteiger partial charge in [-0.2, -0.15) is 0 Å². The number of nitrogens with zero attached hydrogens (tertiary/aromatic N) is 1. The highest BCUT2D eigenvalue weighted by atomic mass is 16.2. The first-order chi connectivity index (χ1) is 30.9. The van der Waals surface area contributed by atoms with Gasteiger partial charge in [0.25, 0.3) is 0 Å². The summed E-state index contributed by atoms with van der Waals surface area (Å²) in [5.74, 6) is -4.02. The first-order valence-electron chi connectivity index (χ1n) is 21.3. The molecule has 14 N–H and O–H groups in total. The average molecular weight is 873 g/mol. The second-order valence-electron chi connectivity index (χ2n) is 15.9. The third kappa shape index (κ3) is 12.4. The van der Waals surface area contributed by atoms with Gasteiger partial charge >= 0.3 is 0 Å². The van der Waals surface area contributed by atoms with Crippen molar-refractivity contribution in [3.8, 4) is 0 Å². The number of amides is 6. The monoisotopic (exact) mass is 872 g/mol. The van der Waals surface area contributed by atoms with Gasteiger partial charge in [-0.1, -0.05) is 66.7 Å². The smallest absolute Gasteiger partial charge is 0.243 e. The fourth-order valence-corrected chi connectivity index (χ4v) is 7.52. The molecule has 3 heterocycles. The van der Waals surface area contributed by atoms with E-state index in [1.165, 1.54) is 13.3 Å². The van der Waals surface area contributed by atoms with Gasteiger partial charge in [0.2, 0.25) is 35.4 Å². The van der Waals surface area contributed by atoms with Crippen LogP contribution >= 0.6 is 0 Å². The summed E-state index contributed by atoms with van der Waals surface area (Å²) in [5.41, 5.74) is 22.0. The van der Waals surface area contributed by atoms with E-state index in [4.69, 9.17) is 17.2 Å². The molecule has 0 radical (unpaired) electrons. The number of imidazole rings is 1. The maximum Gasteiger partial charge on any atom is 0.243 e. The standard InChI is InChI=1S/C46H56N12O6/c1-27(54-44(62)39(20-29-23-51-35-15-7-5-13-32(29)35)57-43(61)34(48)22-31-25-50-26-53-31)42(60)56-40(21-30-24-52-36-16-8-6-14-33(30)36)46(64)58-38(19-28-11-3-2-4-12-28)45(63)55-37(41(49)59)17-9-10-18-47/h2-8,11-16,23-27,34,37-40,51-52H,9-10,17-22,47-48H2,1H3,(H2,49,59)(H,50,53)(H,54,62)(H,55,63)(H,56,60)(H,57,61)(H,58,64)/t27-,34?,37-,38+,39+,40-/m0/s1. The molecule has 0 saturated carbocycles. The predicted molar refractivity (Wildman–Crippen MR) is 242 cm³/mol. The zero-order valence-corrected chi connectivity index (χ0v) is 35.6. The van der Waals surface area contributed by atoms with Crippen LogP contribution in [0.3, 0.4) is 0 Å². The lowest BCUT2D eigenvalue weighted by Crippen LogP contribution is -2.59. The maximum absolute atomic E-state index is 14.4. The van der Waals surface area contributed by atoms with E-state index in [-0.39, 0.29) is 32.1 Å². The minimum Gasteiger partial charge on any atom is -0.368 e. The number of aromatic amines is 3. The molecule has 6 rings (SSSR count). The minimum atomic E-state index is -1.25. The molecule has 6 atom stereocenters. The third-order valence-corrected chi connectivity index (χ3v) is 11.1. The molecule has 0 spiro atoms. The number of fused-ring (bicyclic) bond motifs is 2. The Kier molecular flexibility index (Phi) is 16.0. The molecular formula is C46H56N12O6. The summed E-state index contributed by atoms with van der Waals surface area (Å²) in [5, 5.41) is 15.5. The van der Waals surface area contributed by atoms with Gasteiger partial charge in [-0.3, -0.25) is 28.8 Å². The molecule has 336 valence electrons. The number of H-pyrrole nitrogens is 3. The Morgan fingerprint density at radius 1 is 0.594 bits per heavy atom. The SMILES string of the molecule is C[C@H](NC(=O)[C@@H](Cc1c[nH]c2ccccc12)NC(=O)C(N)Cc1cnc[nH]1)C(=O)N[C@@H](Cc1c[nH]c2ccccc12)C(=O)N[C@H](Cc1ccccc1)C(=O)N[C@@H](CCCCN)C(N)=O. The van der Waals surface area contributed by atoms with Crippen LogP contribution in [0, 0.1) is 0 Å². The predicted octanol–water partition coefficient (Wildman–Crippen LogP) is 1.03. The number of primary amides is 1. The number of aromatic nitrogens is 4. The van der Waals surface area contributed by atoms with E-state index in [9.17, 15) is 28.8 Å². The highest BCUT2D eigenvalue weighted by molar-refractivity contribution is 5.97. The maximum atomic E-state index is 14.4. The Morgan fingerprint density at radius 3 is 1.67 bits per heavy atom. The first kappa shape index (κ1) is 46.2. The molecular weight excluding hydrogens is 817 g/mol. The van der Waals surface area contributed by atoms with Crippen molar-refractivity contribution < 1.29 is 28.8 Å². The van der Waals surface area contributed by atoms with Gasteiger partial charge in [-0.25, -0.2) is 4.98 Å². The lowest BCUT2D eigenvalue weighted by atomic mass is 10.0. The van der Waals surface area contributed by atoms with Crippen LogP contribution in [-0.4, -0.2) is 98.2 Å². The molecule has 1 unspecified atom stereocenters. The van der Waals surface area contributed by atoms with Gasteiger partial charge in [0, 0.05) is 71.8 Å². The van der Waals surface area contributed by atoms with Gasteiger partial charge < -0.3 is 58.7 Å². The molecule has 18 heteroatoms. The van der Waals surface area contributed by atoms with Crippen molar-refractivity contribution in [2.75, 3.05) is 6.54 Å². The second-order valence-corrected chi connectivity index (χ2v) is 15.9. The lowest BCUT2D eigenvalue weighted by molar-refractivity contribution is -0.134. The Hall–Kier alpha value is -7.31. The Balaban J connectivity index is 1.22. The van der Waals surface area contributed by atoms with E-state index in [0.29, 0.717) is 30.6 Å². The number of para-hydroxylation sites is 2. The van der Waals surface area contributed by atoms with Gasteiger partial charge in [-0.05, 0) is 61.6 Å². The summed E-state index contributed by atoms with van der Waals surface area (Å²) in [6.07, 6.45) is 8.21. The van der Waals surface area contributed by atoms with Crippen molar-refractivity contribution in [1.29, 1.82) is 0 Å². The first-order valence-corrected chi connectivity index (χ1v) is 21.3. The van der Waals surface area contributed by atoms with Crippen LogP contribution in [-0.2, 0) is 54.5 Å². The molecule has 64 heavy (non-hydrogen) atoms. The molecule has 0 aliphatic carbocycles. The van der Waals surface area contributed by atoms with Crippen molar-refractivity contribution in [2.24, 2.45) is 17.2 Å². The van der Waals surface area contributed by atoms with Gasteiger partial charge in [-0.15, -0.1) is 0 Å². The topological polar surface area (TPSA) is 301 Å². The van der Waals surface area contributed by atoms with E-state index in [2.05, 4.69) is 46.5 Å². The van der Waals surface area contributed by atoms with Crippen molar-refractivity contribution in [2.45, 2.75) is 88.1 Å². The molecule has 0 aliphatic rings. The van der Waals surface area contributed by atoms with Crippen LogP contribution < -0.4 is 43.8 Å². The highest BCUT2D eigenvalue weighted by Gasteiger charge is 2.33. The van der Waals surface area contributed by atoms with Crippen LogP contribution in [0.2, 0.25) is 0 Å². The highest BCUT2D eigenvalue weighted by Crippen LogP contribution is 2.21. The zero-order valence-electron chi connectivity index (χ0n) is 35.6. The van der Waals surface area contributed by atoms with E-state index in [1.807, 2.05) is 54.6 Å². The normalized spacial score (nSPS) is 14.1. The van der Waals surface area contributed by atoms with E-state index < -0.39 is 71.7 Å². The lowest BCUT2D eigenvalue weighted by Gasteiger charge is -2.26. The molecule has 0 saturated heterocycles. The largest absolute Gasteiger partial charge is 0.368 e. The summed E-state index contributed by atoms with van der Waals surface area (Å²) in [7, 11) is 0. The van der Waals surface area contributed by atoms with Crippen molar-refractivity contribution in [3.05, 3.63) is 126 Å². The number of nitrogens with two attached hydrogens (primary N) is 3. The summed E-state index contributed by atoms with van der Waals surface area (Å²) in [6.45, 7) is 1.87. The number of unbranched alkanes of at least 4 members (excludes halogenated alkanes) is 1. The Labute approximate surface area is 369 Å². The van der Waals surface area contributed by atoms with E-state index >= 15 is 0 Å². The van der Waals surface area contributed by atoms with E-state index in [1.54, 1.807) is 42.9 Å². The molecule has 6 aromatic rings. The summed E-state index contributed by atoms with van der Waals surface area (Å²) in [6, 6.07) is 17.2. The Morgan fingerprint density at radius 2 is 1.11 bits per heavy atom. The fourth-order valence-electron chi connectivity index (χ4n) is 7.52. The minimum absolute atomic E-state index is 0.00159.